The first-order chi connectivity index (χ1) is 6.61. The molecule has 1 unspecified atom stereocenters. The Morgan fingerprint density at radius 1 is 1.36 bits per heavy atom. The van der Waals surface area contributed by atoms with Gasteiger partial charge in [-0.05, 0) is 39.5 Å². The van der Waals surface area contributed by atoms with Gasteiger partial charge in [0.15, 0.2) is 0 Å². The lowest BCUT2D eigenvalue weighted by Gasteiger charge is -2.50. The maximum Gasteiger partial charge on any atom is 0.0281 e. The van der Waals surface area contributed by atoms with E-state index in [0.717, 1.165) is 18.5 Å². The second-order valence-corrected chi connectivity index (χ2v) is 5.61. The van der Waals surface area contributed by atoms with Crippen LogP contribution in [0.2, 0.25) is 0 Å². The minimum atomic E-state index is 0.354. The molecule has 1 N–H and O–H groups in total. The predicted molar refractivity (Wildman–Crippen MR) is 60.5 cm³/mol. The van der Waals surface area contributed by atoms with Crippen LogP contribution in [-0.4, -0.2) is 36.1 Å². The van der Waals surface area contributed by atoms with Crippen molar-refractivity contribution in [2.75, 3.05) is 19.6 Å². The van der Waals surface area contributed by atoms with E-state index < -0.39 is 0 Å². The molecule has 0 radical (unpaired) electrons. The maximum atomic E-state index is 3.49. The Morgan fingerprint density at radius 2 is 2.07 bits per heavy atom. The van der Waals surface area contributed by atoms with Crippen molar-refractivity contribution in [1.29, 1.82) is 0 Å². The van der Waals surface area contributed by atoms with Gasteiger partial charge in [0.2, 0.25) is 0 Å². The molecular formula is C12H24N2. The second kappa shape index (κ2) is 3.82. The summed E-state index contributed by atoms with van der Waals surface area (Å²) in [5, 5.41) is 3.49. The average molecular weight is 196 g/mol. The summed E-state index contributed by atoms with van der Waals surface area (Å²) >= 11 is 0. The zero-order valence-corrected chi connectivity index (χ0v) is 9.84. The van der Waals surface area contributed by atoms with Crippen LogP contribution in [0.1, 0.15) is 40.0 Å². The summed E-state index contributed by atoms with van der Waals surface area (Å²) in [4.78, 5) is 2.72. The molecule has 2 heteroatoms. The number of nitrogens with one attached hydrogen (secondary N) is 1. The van der Waals surface area contributed by atoms with E-state index in [-0.39, 0.29) is 0 Å². The van der Waals surface area contributed by atoms with Crippen LogP contribution in [-0.2, 0) is 0 Å². The Labute approximate surface area is 88.1 Å². The number of rotatable bonds is 2. The van der Waals surface area contributed by atoms with Gasteiger partial charge in [-0.1, -0.05) is 6.42 Å². The van der Waals surface area contributed by atoms with Gasteiger partial charge >= 0.3 is 0 Å². The van der Waals surface area contributed by atoms with Gasteiger partial charge in [-0.25, -0.2) is 0 Å². The zero-order chi connectivity index (χ0) is 10.2. The third-order valence-electron chi connectivity index (χ3n) is 4.19. The molecule has 0 amide bonds. The molecule has 0 aromatic carbocycles. The van der Waals surface area contributed by atoms with Crippen LogP contribution in [0.5, 0.6) is 0 Å². The van der Waals surface area contributed by atoms with Crippen molar-refractivity contribution in [1.82, 2.24) is 10.2 Å². The van der Waals surface area contributed by atoms with Gasteiger partial charge in [-0.15, -0.1) is 0 Å². The van der Waals surface area contributed by atoms with E-state index in [1.165, 1.54) is 32.4 Å². The molecule has 2 rings (SSSR count). The van der Waals surface area contributed by atoms with Crippen LogP contribution in [0.15, 0.2) is 0 Å². The van der Waals surface area contributed by atoms with Crippen LogP contribution in [0.25, 0.3) is 0 Å². The lowest BCUT2D eigenvalue weighted by atomic mass is 9.78. The molecule has 2 fully saturated rings. The van der Waals surface area contributed by atoms with Gasteiger partial charge in [0.05, 0.1) is 0 Å². The van der Waals surface area contributed by atoms with Gasteiger partial charge < -0.3 is 5.32 Å². The summed E-state index contributed by atoms with van der Waals surface area (Å²) in [5.41, 5.74) is 0.354. The highest BCUT2D eigenvalue weighted by Crippen LogP contribution is 2.34. The van der Waals surface area contributed by atoms with Gasteiger partial charge in [0.1, 0.15) is 0 Å². The fourth-order valence-corrected chi connectivity index (χ4v) is 2.93. The Kier molecular flexibility index (Phi) is 2.85. The van der Waals surface area contributed by atoms with E-state index in [9.17, 15) is 0 Å². The molecule has 82 valence electrons. The number of piperazine rings is 1. The Morgan fingerprint density at radius 3 is 2.57 bits per heavy atom. The van der Waals surface area contributed by atoms with E-state index in [1.807, 2.05) is 0 Å². The topological polar surface area (TPSA) is 15.3 Å². The summed E-state index contributed by atoms with van der Waals surface area (Å²) in [5.74, 6) is 0.979. The molecule has 1 aliphatic carbocycles. The molecule has 1 saturated heterocycles. The lowest BCUT2D eigenvalue weighted by molar-refractivity contribution is 0.00775. The normalized spacial score (nSPS) is 31.1. The Bertz CT molecular complexity index is 196. The van der Waals surface area contributed by atoms with E-state index in [0.29, 0.717) is 5.54 Å². The van der Waals surface area contributed by atoms with Gasteiger partial charge in [0.25, 0.3) is 0 Å². The quantitative estimate of drug-likeness (QED) is 0.725. The molecule has 1 aliphatic heterocycles. The summed E-state index contributed by atoms with van der Waals surface area (Å²) in [6.45, 7) is 10.7. The van der Waals surface area contributed by atoms with Gasteiger partial charge in [0, 0.05) is 31.2 Å². The first kappa shape index (κ1) is 10.4. The number of hydrogen-bond donors (Lipinski definition) is 1. The smallest absolute Gasteiger partial charge is 0.0281 e. The predicted octanol–water partition coefficient (Wildman–Crippen LogP) is 1.86. The van der Waals surface area contributed by atoms with E-state index >= 15 is 0 Å². The summed E-state index contributed by atoms with van der Waals surface area (Å²) in [6, 6.07) is 0.792. The highest BCUT2D eigenvalue weighted by atomic mass is 15.3. The fourth-order valence-electron chi connectivity index (χ4n) is 2.93. The summed E-state index contributed by atoms with van der Waals surface area (Å²) < 4.78 is 0. The lowest BCUT2D eigenvalue weighted by Crippen LogP contribution is -2.62. The molecule has 1 saturated carbocycles. The number of hydrogen-bond acceptors (Lipinski definition) is 2. The van der Waals surface area contributed by atoms with Crippen molar-refractivity contribution in [3.63, 3.8) is 0 Å². The summed E-state index contributed by atoms with van der Waals surface area (Å²) in [6.07, 6.45) is 4.38. The standard InChI is InChI=1S/C12H24N2/c1-10(11-5-4-6-11)14-8-7-13-9-12(14,2)3/h10-11,13H,4-9H2,1-3H3. The first-order valence-electron chi connectivity index (χ1n) is 6.09. The van der Waals surface area contributed by atoms with Crippen LogP contribution in [0.4, 0.5) is 0 Å². The van der Waals surface area contributed by atoms with Gasteiger partial charge in [-0.2, -0.15) is 0 Å². The van der Waals surface area contributed by atoms with E-state index in [1.54, 1.807) is 0 Å². The Balaban J connectivity index is 1.99. The third kappa shape index (κ3) is 1.82. The Hall–Kier alpha value is -0.0800. The first-order valence-corrected chi connectivity index (χ1v) is 6.09. The minimum Gasteiger partial charge on any atom is -0.314 e. The third-order valence-corrected chi connectivity index (χ3v) is 4.19. The molecular weight excluding hydrogens is 172 g/mol. The van der Waals surface area contributed by atoms with Crippen molar-refractivity contribution in [2.24, 2.45) is 5.92 Å². The highest BCUT2D eigenvalue weighted by molar-refractivity contribution is 4.94. The van der Waals surface area contributed by atoms with E-state index in [2.05, 4.69) is 31.0 Å². The van der Waals surface area contributed by atoms with E-state index in [4.69, 9.17) is 0 Å². The molecule has 1 atom stereocenters. The molecule has 0 bridgehead atoms. The molecule has 1 heterocycles. The largest absolute Gasteiger partial charge is 0.314 e. The van der Waals surface area contributed by atoms with Crippen LogP contribution in [0.3, 0.4) is 0 Å². The van der Waals surface area contributed by atoms with Crippen molar-refractivity contribution >= 4 is 0 Å². The SMILES string of the molecule is CC(C1CCC1)N1CCNCC1(C)C. The molecule has 0 aromatic rings. The highest BCUT2D eigenvalue weighted by Gasteiger charge is 2.37. The molecule has 0 spiro atoms. The summed E-state index contributed by atoms with van der Waals surface area (Å²) in [7, 11) is 0. The van der Waals surface area contributed by atoms with Crippen LogP contribution < -0.4 is 5.32 Å². The second-order valence-electron chi connectivity index (χ2n) is 5.61. The molecule has 14 heavy (non-hydrogen) atoms. The van der Waals surface area contributed by atoms with Crippen molar-refractivity contribution in [3.8, 4) is 0 Å². The molecule has 2 aliphatic rings. The number of nitrogens with zero attached hydrogens (tertiary/aromatic N) is 1. The molecule has 0 aromatic heterocycles. The average Bonchev–Trinajstić information content (AvgIpc) is 1.99. The maximum absolute atomic E-state index is 3.49. The van der Waals surface area contributed by atoms with Crippen LogP contribution >= 0.6 is 0 Å². The zero-order valence-electron chi connectivity index (χ0n) is 9.84. The van der Waals surface area contributed by atoms with Gasteiger partial charge in [-0.3, -0.25) is 4.90 Å². The minimum absolute atomic E-state index is 0.354. The fraction of sp³-hybridized carbons (Fsp3) is 1.00. The molecule has 2 nitrogen and oxygen atoms in total. The van der Waals surface area contributed by atoms with Crippen molar-refractivity contribution in [3.05, 3.63) is 0 Å². The monoisotopic (exact) mass is 196 g/mol. The van der Waals surface area contributed by atoms with Crippen molar-refractivity contribution < 1.29 is 0 Å². The van der Waals surface area contributed by atoms with Crippen molar-refractivity contribution in [2.45, 2.75) is 51.6 Å². The van der Waals surface area contributed by atoms with Crippen LogP contribution in [0, 0.1) is 5.92 Å².